The van der Waals surface area contributed by atoms with Gasteiger partial charge in [-0.05, 0) is 18.2 Å². The lowest BCUT2D eigenvalue weighted by atomic mass is 10.1. The van der Waals surface area contributed by atoms with E-state index in [0.29, 0.717) is 0 Å². The summed E-state index contributed by atoms with van der Waals surface area (Å²) in [7, 11) is 1.62. The second-order valence-electron chi connectivity index (χ2n) is 3.62. The number of benzene rings is 1. The van der Waals surface area contributed by atoms with Crippen LogP contribution in [0.1, 0.15) is 0 Å². The number of ether oxygens (including phenoxy) is 1. The van der Waals surface area contributed by atoms with Crippen LogP contribution in [0.25, 0.3) is 21.8 Å². The molecule has 0 radical (unpaired) electrons. The zero-order valence-corrected chi connectivity index (χ0v) is 8.69. The highest BCUT2D eigenvalue weighted by Gasteiger charge is 2.09. The molecule has 3 aromatic rings. The summed E-state index contributed by atoms with van der Waals surface area (Å²) >= 11 is 0. The van der Waals surface area contributed by atoms with Crippen molar-refractivity contribution in [2.75, 3.05) is 7.11 Å². The first-order valence-corrected chi connectivity index (χ1v) is 4.92. The van der Waals surface area contributed by atoms with Gasteiger partial charge in [-0.3, -0.25) is 4.98 Å². The number of nitrogens with one attached hydrogen (secondary N) is 1. The molecule has 4 nitrogen and oxygen atoms in total. The molecule has 0 aliphatic carbocycles. The Morgan fingerprint density at radius 2 is 2.12 bits per heavy atom. The molecule has 2 aromatic heterocycles. The number of rotatable bonds is 1. The van der Waals surface area contributed by atoms with Crippen molar-refractivity contribution in [3.05, 3.63) is 30.6 Å². The molecule has 80 valence electrons. The van der Waals surface area contributed by atoms with Gasteiger partial charge in [0.2, 0.25) is 0 Å². The van der Waals surface area contributed by atoms with Gasteiger partial charge in [-0.15, -0.1) is 0 Å². The van der Waals surface area contributed by atoms with Crippen molar-refractivity contribution in [1.82, 2.24) is 9.97 Å². The van der Waals surface area contributed by atoms with E-state index in [-0.39, 0.29) is 5.75 Å². The Balaban J connectivity index is 2.50. The van der Waals surface area contributed by atoms with Gasteiger partial charge >= 0.3 is 0 Å². The third kappa shape index (κ3) is 1.13. The summed E-state index contributed by atoms with van der Waals surface area (Å²) in [4.78, 5) is 7.13. The van der Waals surface area contributed by atoms with Crippen molar-refractivity contribution in [3.8, 4) is 11.5 Å². The molecule has 0 spiro atoms. The van der Waals surface area contributed by atoms with Crippen molar-refractivity contribution in [2.24, 2.45) is 0 Å². The highest BCUT2D eigenvalue weighted by Crippen LogP contribution is 2.33. The SMILES string of the molecule is COc1ccc2[nH]c3cncc(O)c3c2c1. The van der Waals surface area contributed by atoms with E-state index in [1.807, 2.05) is 18.2 Å². The number of pyridine rings is 1. The molecule has 0 atom stereocenters. The first kappa shape index (κ1) is 9.03. The van der Waals surface area contributed by atoms with Crippen LogP contribution in [0, 0.1) is 0 Å². The third-order valence-electron chi connectivity index (χ3n) is 2.69. The summed E-state index contributed by atoms with van der Waals surface area (Å²) in [6.45, 7) is 0. The maximum atomic E-state index is 9.80. The summed E-state index contributed by atoms with van der Waals surface area (Å²) in [5.41, 5.74) is 1.78. The van der Waals surface area contributed by atoms with Crippen molar-refractivity contribution in [3.63, 3.8) is 0 Å². The van der Waals surface area contributed by atoms with E-state index in [1.165, 1.54) is 6.20 Å². The number of fused-ring (bicyclic) bond motifs is 3. The Morgan fingerprint density at radius 3 is 2.94 bits per heavy atom. The van der Waals surface area contributed by atoms with Gasteiger partial charge in [0, 0.05) is 10.9 Å². The lowest BCUT2D eigenvalue weighted by Crippen LogP contribution is -1.80. The molecule has 2 N–H and O–H groups in total. The standard InChI is InChI=1S/C12H10N2O2/c1-16-7-2-3-9-8(4-7)12-10(14-9)5-13-6-11(12)15/h2-6,14-15H,1H3. The zero-order chi connectivity index (χ0) is 11.1. The Bertz CT molecular complexity index is 673. The fourth-order valence-corrected chi connectivity index (χ4v) is 1.94. The first-order valence-electron chi connectivity index (χ1n) is 4.92. The number of aromatic nitrogens is 2. The van der Waals surface area contributed by atoms with Crippen LogP contribution in [0.4, 0.5) is 0 Å². The van der Waals surface area contributed by atoms with E-state index in [0.717, 1.165) is 27.6 Å². The van der Waals surface area contributed by atoms with Gasteiger partial charge in [-0.25, -0.2) is 0 Å². The van der Waals surface area contributed by atoms with Gasteiger partial charge in [0.15, 0.2) is 0 Å². The average molecular weight is 214 g/mol. The van der Waals surface area contributed by atoms with Gasteiger partial charge in [-0.1, -0.05) is 0 Å². The highest BCUT2D eigenvalue weighted by molar-refractivity contribution is 6.10. The minimum atomic E-state index is 0.178. The van der Waals surface area contributed by atoms with Crippen LogP contribution in [0.5, 0.6) is 11.5 Å². The van der Waals surface area contributed by atoms with Gasteiger partial charge in [-0.2, -0.15) is 0 Å². The predicted molar refractivity (Wildman–Crippen MR) is 61.8 cm³/mol. The monoisotopic (exact) mass is 214 g/mol. The van der Waals surface area contributed by atoms with Crippen molar-refractivity contribution < 1.29 is 9.84 Å². The van der Waals surface area contributed by atoms with E-state index < -0.39 is 0 Å². The molecule has 0 saturated heterocycles. The molecule has 0 bridgehead atoms. The molecule has 0 amide bonds. The Hall–Kier alpha value is -2.23. The third-order valence-corrected chi connectivity index (χ3v) is 2.69. The number of hydrogen-bond acceptors (Lipinski definition) is 3. The number of H-pyrrole nitrogens is 1. The van der Waals surface area contributed by atoms with Crippen LogP contribution < -0.4 is 4.74 Å². The van der Waals surface area contributed by atoms with Crippen molar-refractivity contribution >= 4 is 21.8 Å². The molecular weight excluding hydrogens is 204 g/mol. The molecule has 3 rings (SSSR count). The molecule has 2 heterocycles. The second-order valence-corrected chi connectivity index (χ2v) is 3.62. The van der Waals surface area contributed by atoms with Crippen LogP contribution in [-0.2, 0) is 0 Å². The van der Waals surface area contributed by atoms with Gasteiger partial charge in [0.25, 0.3) is 0 Å². The lowest BCUT2D eigenvalue weighted by Gasteiger charge is -1.99. The van der Waals surface area contributed by atoms with Crippen LogP contribution in [0.3, 0.4) is 0 Å². The predicted octanol–water partition coefficient (Wildman–Crippen LogP) is 2.43. The first-order chi connectivity index (χ1) is 7.79. The molecule has 0 fully saturated rings. The molecule has 0 aliphatic heterocycles. The van der Waals surface area contributed by atoms with E-state index in [4.69, 9.17) is 4.74 Å². The van der Waals surface area contributed by atoms with Crippen LogP contribution >= 0.6 is 0 Å². The molecule has 0 saturated carbocycles. The second kappa shape index (κ2) is 3.13. The topological polar surface area (TPSA) is 58.1 Å². The lowest BCUT2D eigenvalue weighted by molar-refractivity contribution is 0.415. The van der Waals surface area contributed by atoms with E-state index in [9.17, 15) is 5.11 Å². The van der Waals surface area contributed by atoms with Crippen LogP contribution in [-0.4, -0.2) is 22.2 Å². The van der Waals surface area contributed by atoms with Gasteiger partial charge < -0.3 is 14.8 Å². The summed E-state index contributed by atoms with van der Waals surface area (Å²) in [5, 5.41) is 11.5. The Morgan fingerprint density at radius 1 is 1.25 bits per heavy atom. The molecule has 0 unspecified atom stereocenters. The van der Waals surface area contributed by atoms with E-state index in [2.05, 4.69) is 9.97 Å². The number of methoxy groups -OCH3 is 1. The summed E-state index contributed by atoms with van der Waals surface area (Å²) in [5.74, 6) is 0.946. The van der Waals surface area contributed by atoms with Crippen molar-refractivity contribution in [1.29, 1.82) is 0 Å². The number of hydrogen-bond donors (Lipinski definition) is 2. The summed E-state index contributed by atoms with van der Waals surface area (Å²) in [6.07, 6.45) is 3.14. The molecule has 16 heavy (non-hydrogen) atoms. The minimum absolute atomic E-state index is 0.178. The maximum absolute atomic E-state index is 9.80. The minimum Gasteiger partial charge on any atom is -0.506 e. The van der Waals surface area contributed by atoms with Crippen LogP contribution in [0.2, 0.25) is 0 Å². The Kier molecular flexibility index (Phi) is 1.77. The fraction of sp³-hybridized carbons (Fsp3) is 0.0833. The fourth-order valence-electron chi connectivity index (χ4n) is 1.94. The number of nitrogens with zero attached hydrogens (tertiary/aromatic N) is 1. The zero-order valence-electron chi connectivity index (χ0n) is 8.69. The van der Waals surface area contributed by atoms with E-state index >= 15 is 0 Å². The number of aromatic amines is 1. The number of aromatic hydroxyl groups is 1. The Labute approximate surface area is 91.5 Å². The largest absolute Gasteiger partial charge is 0.506 e. The van der Waals surface area contributed by atoms with Gasteiger partial charge in [0.05, 0.1) is 30.4 Å². The smallest absolute Gasteiger partial charge is 0.143 e. The van der Waals surface area contributed by atoms with Gasteiger partial charge in [0.1, 0.15) is 11.5 Å². The molecule has 4 heteroatoms. The molecule has 0 aliphatic rings. The normalized spacial score (nSPS) is 11.1. The summed E-state index contributed by atoms with van der Waals surface area (Å²) in [6, 6.07) is 5.70. The van der Waals surface area contributed by atoms with Crippen LogP contribution in [0.15, 0.2) is 30.6 Å². The van der Waals surface area contributed by atoms with Crippen molar-refractivity contribution in [2.45, 2.75) is 0 Å². The summed E-state index contributed by atoms with van der Waals surface area (Å²) < 4.78 is 5.17. The molecular formula is C12H10N2O2. The average Bonchev–Trinajstić information content (AvgIpc) is 2.67. The highest BCUT2D eigenvalue weighted by atomic mass is 16.5. The quantitative estimate of drug-likeness (QED) is 0.654. The maximum Gasteiger partial charge on any atom is 0.143 e. The molecule has 1 aromatic carbocycles. The van der Waals surface area contributed by atoms with E-state index in [1.54, 1.807) is 13.3 Å².